The Bertz CT molecular complexity index is 596. The van der Waals surface area contributed by atoms with Gasteiger partial charge in [-0.15, -0.1) is 0 Å². The maximum atomic E-state index is 12.3. The molecule has 0 atom stereocenters. The highest BCUT2D eigenvalue weighted by atomic mass is 32.2. The fourth-order valence-electron chi connectivity index (χ4n) is 2.72. The summed E-state index contributed by atoms with van der Waals surface area (Å²) in [5.74, 6) is -0.506. The summed E-state index contributed by atoms with van der Waals surface area (Å²) in [6.07, 6.45) is 4.94. The van der Waals surface area contributed by atoms with E-state index >= 15 is 0 Å². The van der Waals surface area contributed by atoms with Crippen LogP contribution >= 0.6 is 0 Å². The molecule has 2 rings (SSSR count). The van der Waals surface area contributed by atoms with Gasteiger partial charge in [-0.1, -0.05) is 25.3 Å². The molecule has 0 radical (unpaired) electrons. The van der Waals surface area contributed by atoms with Gasteiger partial charge in [0.25, 0.3) is 0 Å². The molecule has 1 fully saturated rings. The zero-order valence-corrected chi connectivity index (χ0v) is 13.0. The summed E-state index contributed by atoms with van der Waals surface area (Å²) in [6, 6.07) is 5.07. The van der Waals surface area contributed by atoms with Crippen molar-refractivity contribution in [2.24, 2.45) is 5.92 Å². The van der Waals surface area contributed by atoms with E-state index in [1.165, 1.54) is 0 Å². The Morgan fingerprint density at radius 1 is 1.10 bits per heavy atom. The van der Waals surface area contributed by atoms with Gasteiger partial charge in [0.1, 0.15) is 5.75 Å². The second-order valence-corrected chi connectivity index (χ2v) is 7.80. The van der Waals surface area contributed by atoms with Crippen molar-refractivity contribution in [2.75, 3.05) is 5.75 Å². The number of sulfone groups is 1. The highest BCUT2D eigenvalue weighted by Crippen LogP contribution is 2.26. The van der Waals surface area contributed by atoms with E-state index in [1.807, 2.05) is 13.8 Å². The van der Waals surface area contributed by atoms with Crippen molar-refractivity contribution in [3.05, 3.63) is 29.3 Å². The van der Waals surface area contributed by atoms with Gasteiger partial charge in [-0.25, -0.2) is 8.42 Å². The highest BCUT2D eigenvalue weighted by molar-refractivity contribution is 7.92. The number of Topliss-reactive ketones (excluding diaryl/α,β-unsaturated/α-hetero) is 1. The maximum Gasteiger partial charge on any atom is 0.185 e. The average molecular weight is 294 g/mol. The van der Waals surface area contributed by atoms with Gasteiger partial charge >= 0.3 is 0 Å². The molecule has 1 aliphatic carbocycles. The normalized spacial score (nSPS) is 17.1. The molecule has 0 spiro atoms. The summed E-state index contributed by atoms with van der Waals surface area (Å²) in [5, 5.41) is 0. The number of carbonyl (C=O) groups excluding carboxylic acids is 1. The quantitative estimate of drug-likeness (QED) is 0.856. The molecule has 0 aliphatic heterocycles. The van der Waals surface area contributed by atoms with Crippen LogP contribution in [-0.2, 0) is 14.6 Å². The van der Waals surface area contributed by atoms with Crippen LogP contribution in [0.15, 0.2) is 23.1 Å². The first-order chi connectivity index (χ1) is 9.40. The molecule has 3 nitrogen and oxygen atoms in total. The third-order valence-corrected chi connectivity index (χ3v) is 5.87. The van der Waals surface area contributed by atoms with Gasteiger partial charge < -0.3 is 0 Å². The largest absolute Gasteiger partial charge is 0.298 e. The van der Waals surface area contributed by atoms with Gasteiger partial charge in [0, 0.05) is 5.92 Å². The van der Waals surface area contributed by atoms with Crippen molar-refractivity contribution in [1.82, 2.24) is 0 Å². The molecule has 0 N–H and O–H groups in total. The Hall–Kier alpha value is -1.16. The fourth-order valence-corrected chi connectivity index (χ4v) is 4.13. The van der Waals surface area contributed by atoms with Gasteiger partial charge in [0.2, 0.25) is 0 Å². The number of rotatable bonds is 4. The average Bonchev–Trinajstić information content (AvgIpc) is 2.42. The molecule has 0 amide bonds. The number of ketones is 1. The Labute approximate surface area is 121 Å². The van der Waals surface area contributed by atoms with Gasteiger partial charge in [0.05, 0.1) is 4.90 Å². The SMILES string of the molecule is Cc1ccc(S(=O)(=O)CC(=O)C2CCCCC2)cc1C. The molecule has 0 aromatic heterocycles. The lowest BCUT2D eigenvalue weighted by atomic mass is 9.87. The molecule has 20 heavy (non-hydrogen) atoms. The van der Waals surface area contributed by atoms with Crippen molar-refractivity contribution in [3.63, 3.8) is 0 Å². The molecule has 0 bridgehead atoms. The van der Waals surface area contributed by atoms with E-state index in [4.69, 9.17) is 0 Å². The van der Waals surface area contributed by atoms with Crippen LogP contribution in [0.3, 0.4) is 0 Å². The third-order valence-electron chi connectivity index (χ3n) is 4.23. The summed E-state index contributed by atoms with van der Waals surface area (Å²) in [6.45, 7) is 3.83. The van der Waals surface area contributed by atoms with Crippen LogP contribution in [0.1, 0.15) is 43.2 Å². The van der Waals surface area contributed by atoms with Crippen molar-refractivity contribution < 1.29 is 13.2 Å². The Morgan fingerprint density at radius 2 is 1.75 bits per heavy atom. The van der Waals surface area contributed by atoms with Crippen LogP contribution in [0.2, 0.25) is 0 Å². The first-order valence-corrected chi connectivity index (χ1v) is 8.88. The van der Waals surface area contributed by atoms with Gasteiger partial charge in [-0.3, -0.25) is 4.79 Å². The second-order valence-electron chi connectivity index (χ2n) is 5.81. The van der Waals surface area contributed by atoms with E-state index < -0.39 is 9.84 Å². The first kappa shape index (κ1) is 15.2. The molecule has 1 aromatic rings. The Balaban J connectivity index is 2.13. The van der Waals surface area contributed by atoms with Crippen molar-refractivity contribution >= 4 is 15.6 Å². The molecule has 0 unspecified atom stereocenters. The topological polar surface area (TPSA) is 51.2 Å². The summed E-state index contributed by atoms with van der Waals surface area (Å²) >= 11 is 0. The van der Waals surface area contributed by atoms with E-state index in [2.05, 4.69) is 0 Å². The standard InChI is InChI=1S/C16H22O3S/c1-12-8-9-15(10-13(12)2)20(18,19)11-16(17)14-6-4-3-5-7-14/h8-10,14H,3-7,11H2,1-2H3. The zero-order valence-electron chi connectivity index (χ0n) is 12.2. The Morgan fingerprint density at radius 3 is 2.35 bits per heavy atom. The number of carbonyl (C=O) groups is 1. The minimum absolute atomic E-state index is 0.0509. The molecule has 0 heterocycles. The van der Waals surface area contributed by atoms with Crippen molar-refractivity contribution in [2.45, 2.75) is 50.8 Å². The van der Waals surface area contributed by atoms with Crippen LogP contribution in [0, 0.1) is 19.8 Å². The van der Waals surface area contributed by atoms with E-state index in [0.29, 0.717) is 0 Å². The van der Waals surface area contributed by atoms with E-state index in [9.17, 15) is 13.2 Å². The molecule has 0 saturated heterocycles. The molecule has 110 valence electrons. The number of aryl methyl sites for hydroxylation is 2. The summed E-state index contributed by atoms with van der Waals surface area (Å²) in [4.78, 5) is 12.4. The van der Waals surface area contributed by atoms with Gasteiger partial charge in [-0.05, 0) is 49.9 Å². The van der Waals surface area contributed by atoms with Crippen molar-refractivity contribution in [3.8, 4) is 0 Å². The molecule has 1 aliphatic rings. The summed E-state index contributed by atoms with van der Waals surface area (Å²) in [7, 11) is -3.50. The number of benzene rings is 1. The van der Waals surface area contributed by atoms with Crippen LogP contribution in [0.4, 0.5) is 0 Å². The lowest BCUT2D eigenvalue weighted by molar-refractivity contribution is -0.121. The van der Waals surface area contributed by atoms with Crippen LogP contribution in [0.25, 0.3) is 0 Å². The third kappa shape index (κ3) is 3.48. The monoisotopic (exact) mass is 294 g/mol. The smallest absolute Gasteiger partial charge is 0.185 e. The molecule has 4 heteroatoms. The molecule has 1 saturated carbocycles. The minimum atomic E-state index is -3.50. The predicted octanol–water partition coefficient (Wildman–Crippen LogP) is 3.23. The van der Waals surface area contributed by atoms with E-state index in [-0.39, 0.29) is 22.3 Å². The zero-order chi connectivity index (χ0) is 14.8. The van der Waals surface area contributed by atoms with E-state index in [0.717, 1.165) is 43.2 Å². The molecular weight excluding hydrogens is 272 g/mol. The number of hydrogen-bond donors (Lipinski definition) is 0. The Kier molecular flexibility index (Phi) is 4.63. The van der Waals surface area contributed by atoms with Crippen molar-refractivity contribution in [1.29, 1.82) is 0 Å². The second kappa shape index (κ2) is 6.08. The fraction of sp³-hybridized carbons (Fsp3) is 0.562. The van der Waals surface area contributed by atoms with Crippen LogP contribution in [-0.4, -0.2) is 20.0 Å². The molecule has 1 aromatic carbocycles. The minimum Gasteiger partial charge on any atom is -0.298 e. The van der Waals surface area contributed by atoms with Gasteiger partial charge in [-0.2, -0.15) is 0 Å². The maximum absolute atomic E-state index is 12.3. The van der Waals surface area contributed by atoms with Crippen LogP contribution in [0.5, 0.6) is 0 Å². The van der Waals surface area contributed by atoms with Crippen LogP contribution < -0.4 is 0 Å². The highest BCUT2D eigenvalue weighted by Gasteiger charge is 2.27. The number of hydrogen-bond acceptors (Lipinski definition) is 3. The lowest BCUT2D eigenvalue weighted by Gasteiger charge is -2.20. The predicted molar refractivity (Wildman–Crippen MR) is 79.6 cm³/mol. The van der Waals surface area contributed by atoms with E-state index in [1.54, 1.807) is 18.2 Å². The summed E-state index contributed by atoms with van der Waals surface area (Å²) < 4.78 is 24.7. The molecular formula is C16H22O3S. The van der Waals surface area contributed by atoms with Gasteiger partial charge in [0.15, 0.2) is 15.6 Å². The summed E-state index contributed by atoms with van der Waals surface area (Å²) in [5.41, 5.74) is 2.00. The lowest BCUT2D eigenvalue weighted by Crippen LogP contribution is -2.25. The first-order valence-electron chi connectivity index (χ1n) is 7.23.